The van der Waals surface area contributed by atoms with Crippen LogP contribution < -0.4 is 5.32 Å². The molecule has 2 rings (SSSR count). The summed E-state index contributed by atoms with van der Waals surface area (Å²) >= 11 is 0. The van der Waals surface area contributed by atoms with Gasteiger partial charge in [-0.1, -0.05) is 6.08 Å². The highest BCUT2D eigenvalue weighted by Gasteiger charge is 2.52. The molecule has 0 atom stereocenters. The maximum absolute atomic E-state index is 14.1. The molecule has 0 radical (unpaired) electrons. The van der Waals surface area contributed by atoms with Crippen molar-refractivity contribution in [1.29, 1.82) is 5.26 Å². The molecule has 1 fully saturated rings. The van der Waals surface area contributed by atoms with Gasteiger partial charge in [-0.2, -0.15) is 5.26 Å². The Kier molecular flexibility index (Phi) is 5.35. The van der Waals surface area contributed by atoms with E-state index in [1.165, 1.54) is 25.1 Å². The van der Waals surface area contributed by atoms with Crippen molar-refractivity contribution in [2.75, 3.05) is 6.54 Å². The van der Waals surface area contributed by atoms with E-state index >= 15 is 0 Å². The van der Waals surface area contributed by atoms with Gasteiger partial charge in [0.05, 0.1) is 22.8 Å². The lowest BCUT2D eigenvalue weighted by Crippen LogP contribution is -2.41. The van der Waals surface area contributed by atoms with Crippen molar-refractivity contribution in [3.63, 3.8) is 0 Å². The lowest BCUT2D eigenvalue weighted by Gasteiger charge is -2.32. The number of carbonyl (C=O) groups is 1. The van der Waals surface area contributed by atoms with Crippen LogP contribution in [0.5, 0.6) is 0 Å². The van der Waals surface area contributed by atoms with Gasteiger partial charge in [0.15, 0.2) is 0 Å². The molecule has 5 nitrogen and oxygen atoms in total. The topological polar surface area (TPSA) is 71.4 Å². The molecule has 1 heterocycles. The Labute approximate surface area is 148 Å². The SMILES string of the molecule is CC(=O)NCC(=Cc1cc(C#N)ccc1F)B1OC(C)(C)C(C)(C)O1. The maximum atomic E-state index is 14.1. The minimum Gasteiger partial charge on any atom is -0.400 e. The third kappa shape index (κ3) is 4.27. The van der Waals surface area contributed by atoms with Crippen LogP contribution in [0.15, 0.2) is 23.7 Å². The standard InChI is InChI=1S/C18H22BFN2O3/c1-12(23)22-11-15(19-24-17(2,3)18(4,5)25-19)9-14-8-13(10-21)6-7-16(14)20/h6-9H,11H2,1-5H3,(H,22,23). The van der Waals surface area contributed by atoms with Crippen molar-refractivity contribution in [2.45, 2.75) is 45.8 Å². The largest absolute Gasteiger partial charge is 0.492 e. The van der Waals surface area contributed by atoms with Crippen LogP contribution in [0.25, 0.3) is 6.08 Å². The van der Waals surface area contributed by atoms with Crippen LogP contribution in [0, 0.1) is 17.1 Å². The van der Waals surface area contributed by atoms with E-state index in [9.17, 15) is 9.18 Å². The minimum atomic E-state index is -0.720. The number of rotatable bonds is 4. The Hall–Kier alpha value is -2.17. The van der Waals surface area contributed by atoms with Gasteiger partial charge in [-0.05, 0) is 51.4 Å². The molecule has 1 aromatic rings. The molecular formula is C18H22BFN2O3. The van der Waals surface area contributed by atoms with E-state index in [0.29, 0.717) is 11.0 Å². The van der Waals surface area contributed by atoms with Gasteiger partial charge in [-0.15, -0.1) is 0 Å². The van der Waals surface area contributed by atoms with E-state index < -0.39 is 24.1 Å². The Bertz CT molecular complexity index is 737. The fraction of sp³-hybridized carbons (Fsp3) is 0.444. The number of hydrogen-bond donors (Lipinski definition) is 1. The molecule has 0 unspecified atom stereocenters. The second kappa shape index (κ2) is 6.99. The van der Waals surface area contributed by atoms with Gasteiger partial charge >= 0.3 is 7.12 Å². The monoisotopic (exact) mass is 344 g/mol. The van der Waals surface area contributed by atoms with E-state index in [1.807, 2.05) is 33.8 Å². The first-order chi connectivity index (χ1) is 11.6. The zero-order chi connectivity index (χ0) is 18.8. The molecule has 7 heteroatoms. The van der Waals surface area contributed by atoms with Gasteiger partial charge in [0.1, 0.15) is 5.82 Å². The van der Waals surface area contributed by atoms with Crippen molar-refractivity contribution in [1.82, 2.24) is 5.32 Å². The molecule has 0 spiro atoms. The predicted octanol–water partition coefficient (Wildman–Crippen LogP) is 2.85. The zero-order valence-corrected chi connectivity index (χ0v) is 15.1. The molecule has 25 heavy (non-hydrogen) atoms. The predicted molar refractivity (Wildman–Crippen MR) is 93.9 cm³/mol. The van der Waals surface area contributed by atoms with Crippen LogP contribution in [-0.4, -0.2) is 30.8 Å². The summed E-state index contributed by atoms with van der Waals surface area (Å²) in [6, 6.07) is 6.09. The number of nitrogens with one attached hydrogen (secondary N) is 1. The molecule has 0 saturated carbocycles. The smallest absolute Gasteiger partial charge is 0.400 e. The van der Waals surface area contributed by atoms with Crippen LogP contribution in [0.3, 0.4) is 0 Å². The molecule has 1 amide bonds. The van der Waals surface area contributed by atoms with Gasteiger partial charge in [-0.25, -0.2) is 4.39 Å². The molecule has 0 bridgehead atoms. The summed E-state index contributed by atoms with van der Waals surface area (Å²) in [5.41, 5.74) is 0.0532. The first-order valence-electron chi connectivity index (χ1n) is 8.06. The molecular weight excluding hydrogens is 322 g/mol. The fourth-order valence-corrected chi connectivity index (χ4v) is 2.35. The van der Waals surface area contributed by atoms with Crippen LogP contribution in [0.2, 0.25) is 0 Å². The van der Waals surface area contributed by atoms with E-state index in [1.54, 1.807) is 6.08 Å². The third-order valence-electron chi connectivity index (χ3n) is 4.56. The van der Waals surface area contributed by atoms with E-state index in [4.69, 9.17) is 14.6 Å². The first-order valence-corrected chi connectivity index (χ1v) is 8.06. The van der Waals surface area contributed by atoms with Crippen LogP contribution in [0.1, 0.15) is 45.7 Å². The zero-order valence-electron chi connectivity index (χ0n) is 15.1. The van der Waals surface area contributed by atoms with E-state index in [2.05, 4.69) is 5.32 Å². The normalized spacial score (nSPS) is 18.8. The number of benzene rings is 1. The summed E-state index contributed by atoms with van der Waals surface area (Å²) in [7, 11) is -0.720. The summed E-state index contributed by atoms with van der Waals surface area (Å²) < 4.78 is 26.1. The average Bonchev–Trinajstić information content (AvgIpc) is 2.73. The first kappa shape index (κ1) is 19.2. The summed E-state index contributed by atoms with van der Waals surface area (Å²) in [4.78, 5) is 11.3. The highest BCUT2D eigenvalue weighted by Crippen LogP contribution is 2.38. The van der Waals surface area contributed by atoms with Gasteiger partial charge < -0.3 is 14.6 Å². The molecule has 132 valence electrons. The number of carbonyl (C=O) groups excluding carboxylic acids is 1. The van der Waals surface area contributed by atoms with Crippen molar-refractivity contribution < 1.29 is 18.5 Å². The third-order valence-corrected chi connectivity index (χ3v) is 4.56. The van der Waals surface area contributed by atoms with Crippen LogP contribution in [-0.2, 0) is 14.1 Å². The average molecular weight is 344 g/mol. The summed E-state index contributed by atoms with van der Waals surface area (Å²) in [5.74, 6) is -0.676. The maximum Gasteiger partial charge on any atom is 0.492 e. The van der Waals surface area contributed by atoms with Crippen LogP contribution >= 0.6 is 0 Å². The van der Waals surface area contributed by atoms with E-state index in [-0.39, 0.29) is 18.0 Å². The molecule has 1 aliphatic rings. The fourth-order valence-electron chi connectivity index (χ4n) is 2.35. The van der Waals surface area contributed by atoms with Crippen LogP contribution in [0.4, 0.5) is 4.39 Å². The number of amides is 1. The highest BCUT2D eigenvalue weighted by molar-refractivity contribution is 6.56. The minimum absolute atomic E-state index is 0.155. The Morgan fingerprint density at radius 2 is 1.92 bits per heavy atom. The van der Waals surface area contributed by atoms with Crippen molar-refractivity contribution in [2.24, 2.45) is 0 Å². The van der Waals surface area contributed by atoms with Gasteiger partial charge in [-0.3, -0.25) is 4.79 Å². The molecule has 1 N–H and O–H groups in total. The van der Waals surface area contributed by atoms with Crippen molar-refractivity contribution in [3.05, 3.63) is 40.6 Å². The number of nitrogens with zero attached hydrogens (tertiary/aromatic N) is 1. The van der Waals surface area contributed by atoms with Gasteiger partial charge in [0.2, 0.25) is 5.91 Å². The number of halogens is 1. The molecule has 1 aromatic carbocycles. The van der Waals surface area contributed by atoms with Gasteiger partial charge in [0.25, 0.3) is 0 Å². The number of hydrogen-bond acceptors (Lipinski definition) is 4. The second-order valence-corrected chi connectivity index (χ2v) is 7.07. The Morgan fingerprint density at radius 1 is 1.32 bits per heavy atom. The van der Waals surface area contributed by atoms with Crippen molar-refractivity contribution >= 4 is 19.1 Å². The quantitative estimate of drug-likeness (QED) is 0.853. The van der Waals surface area contributed by atoms with E-state index in [0.717, 1.165) is 0 Å². The highest BCUT2D eigenvalue weighted by atomic mass is 19.1. The molecule has 0 aromatic heterocycles. The lowest BCUT2D eigenvalue weighted by molar-refractivity contribution is -0.118. The van der Waals surface area contributed by atoms with Crippen molar-refractivity contribution in [3.8, 4) is 6.07 Å². The number of nitriles is 1. The van der Waals surface area contributed by atoms with Gasteiger partial charge in [0, 0.05) is 19.0 Å². The molecule has 0 aliphatic carbocycles. The summed E-state index contributed by atoms with van der Waals surface area (Å²) in [6.45, 7) is 9.22. The second-order valence-electron chi connectivity index (χ2n) is 7.07. The summed E-state index contributed by atoms with van der Waals surface area (Å²) in [6.07, 6.45) is 1.56. The Morgan fingerprint density at radius 3 is 2.44 bits per heavy atom. The lowest BCUT2D eigenvalue weighted by atomic mass is 9.77. The summed E-state index contributed by atoms with van der Waals surface area (Å²) in [5, 5.41) is 11.7. The molecule has 1 saturated heterocycles. The molecule has 1 aliphatic heterocycles. The Balaban J connectivity index is 2.40.